The predicted molar refractivity (Wildman–Crippen MR) is 44.9 cm³/mol. The average molecular weight is 167 g/mol. The minimum absolute atomic E-state index is 0.383. The van der Waals surface area contributed by atoms with E-state index in [1.807, 2.05) is 0 Å². The Balaban J connectivity index is 1.90. The molecule has 0 radical (unpaired) electrons. The van der Waals surface area contributed by atoms with Crippen LogP contribution >= 0.6 is 0 Å². The van der Waals surface area contributed by atoms with Gasteiger partial charge in [0.05, 0.1) is 5.41 Å². The first-order chi connectivity index (χ1) is 5.73. The van der Waals surface area contributed by atoms with E-state index in [0.717, 1.165) is 32.5 Å². The van der Waals surface area contributed by atoms with Crippen molar-refractivity contribution in [3.63, 3.8) is 0 Å². The van der Waals surface area contributed by atoms with Gasteiger partial charge in [-0.1, -0.05) is 12.2 Å². The van der Waals surface area contributed by atoms with Crippen LogP contribution < -0.4 is 0 Å². The second kappa shape index (κ2) is 2.59. The Morgan fingerprint density at radius 2 is 2.00 bits per heavy atom. The van der Waals surface area contributed by atoms with Gasteiger partial charge < -0.3 is 5.11 Å². The van der Waals surface area contributed by atoms with Crippen LogP contribution in [0.5, 0.6) is 0 Å². The fourth-order valence-corrected chi connectivity index (χ4v) is 1.67. The molecule has 0 aromatic rings. The molecule has 12 heavy (non-hydrogen) atoms. The molecule has 1 heterocycles. The van der Waals surface area contributed by atoms with Crippen molar-refractivity contribution in [1.82, 2.24) is 4.90 Å². The van der Waals surface area contributed by atoms with Crippen molar-refractivity contribution < 1.29 is 9.90 Å². The molecule has 2 rings (SSSR count). The van der Waals surface area contributed by atoms with Crippen LogP contribution in [0.4, 0.5) is 0 Å². The third kappa shape index (κ3) is 1.25. The zero-order valence-corrected chi connectivity index (χ0v) is 6.99. The highest BCUT2D eigenvalue weighted by molar-refractivity contribution is 5.78. The first kappa shape index (κ1) is 7.80. The van der Waals surface area contributed by atoms with Crippen molar-refractivity contribution in [2.24, 2.45) is 5.41 Å². The zero-order valence-electron chi connectivity index (χ0n) is 6.99. The first-order valence-electron chi connectivity index (χ1n) is 4.34. The van der Waals surface area contributed by atoms with E-state index in [1.54, 1.807) is 0 Å². The van der Waals surface area contributed by atoms with Gasteiger partial charge in [0, 0.05) is 19.6 Å². The highest BCUT2D eigenvalue weighted by Gasteiger charge is 2.51. The summed E-state index contributed by atoms with van der Waals surface area (Å²) >= 11 is 0. The monoisotopic (exact) mass is 167 g/mol. The van der Waals surface area contributed by atoms with Crippen LogP contribution in [0, 0.1) is 5.41 Å². The molecule has 1 saturated carbocycles. The van der Waals surface area contributed by atoms with Crippen LogP contribution in [0.15, 0.2) is 12.2 Å². The summed E-state index contributed by atoms with van der Waals surface area (Å²) in [4.78, 5) is 13.0. The van der Waals surface area contributed by atoms with Crippen molar-refractivity contribution in [2.75, 3.05) is 19.6 Å². The van der Waals surface area contributed by atoms with E-state index in [-0.39, 0.29) is 5.41 Å². The molecule has 1 N–H and O–H groups in total. The van der Waals surface area contributed by atoms with Gasteiger partial charge in [0.2, 0.25) is 0 Å². The molecule has 0 aromatic carbocycles. The second-order valence-corrected chi connectivity index (χ2v) is 3.75. The Morgan fingerprint density at radius 3 is 2.42 bits per heavy atom. The molecule has 3 nitrogen and oxygen atoms in total. The summed E-state index contributed by atoms with van der Waals surface area (Å²) in [7, 11) is 0. The first-order valence-corrected chi connectivity index (χ1v) is 4.34. The number of carboxylic acid groups (broad SMARTS) is 1. The quantitative estimate of drug-likeness (QED) is 0.630. The maximum absolute atomic E-state index is 10.8. The summed E-state index contributed by atoms with van der Waals surface area (Å²) in [5.74, 6) is -0.616. The highest BCUT2D eigenvalue weighted by atomic mass is 16.4. The number of hydrogen-bond acceptors (Lipinski definition) is 2. The smallest absolute Gasteiger partial charge is 0.310 e. The molecule has 1 aliphatic carbocycles. The van der Waals surface area contributed by atoms with Gasteiger partial charge in [-0.2, -0.15) is 0 Å². The van der Waals surface area contributed by atoms with Gasteiger partial charge in [0.15, 0.2) is 0 Å². The van der Waals surface area contributed by atoms with Crippen LogP contribution in [-0.2, 0) is 4.79 Å². The largest absolute Gasteiger partial charge is 0.481 e. The van der Waals surface area contributed by atoms with E-state index >= 15 is 0 Å². The number of nitrogens with zero attached hydrogens (tertiary/aromatic N) is 1. The lowest BCUT2D eigenvalue weighted by molar-refractivity contribution is -0.144. The van der Waals surface area contributed by atoms with E-state index in [2.05, 4.69) is 17.1 Å². The van der Waals surface area contributed by atoms with E-state index in [4.69, 9.17) is 5.11 Å². The molecular formula is C9H13NO2. The van der Waals surface area contributed by atoms with Gasteiger partial charge in [-0.3, -0.25) is 9.69 Å². The predicted octanol–water partition coefficient (Wildman–Crippen LogP) is 0.723. The Hall–Kier alpha value is -0.830. The van der Waals surface area contributed by atoms with Crippen molar-refractivity contribution in [3.8, 4) is 0 Å². The maximum Gasteiger partial charge on any atom is 0.310 e. The summed E-state index contributed by atoms with van der Waals surface area (Å²) in [6, 6.07) is 0. The van der Waals surface area contributed by atoms with Crippen molar-refractivity contribution in [2.45, 2.75) is 12.8 Å². The normalized spacial score (nSPS) is 26.0. The summed E-state index contributed by atoms with van der Waals surface area (Å²) in [6.07, 6.45) is 5.91. The van der Waals surface area contributed by atoms with E-state index in [9.17, 15) is 4.79 Å². The number of carboxylic acids is 1. The molecule has 0 aromatic heterocycles. The topological polar surface area (TPSA) is 40.5 Å². The summed E-state index contributed by atoms with van der Waals surface area (Å²) in [5, 5.41) is 8.92. The van der Waals surface area contributed by atoms with Gasteiger partial charge in [-0.15, -0.1) is 0 Å². The van der Waals surface area contributed by atoms with Gasteiger partial charge in [0.25, 0.3) is 0 Å². The molecular weight excluding hydrogens is 154 g/mol. The molecule has 2 aliphatic rings. The molecule has 0 bridgehead atoms. The average Bonchev–Trinajstić information content (AvgIpc) is 2.60. The SMILES string of the molecule is O=C(O)C1(CN2CC=CC2)CC1. The van der Waals surface area contributed by atoms with Crippen LogP contribution in [0.2, 0.25) is 0 Å². The lowest BCUT2D eigenvalue weighted by Crippen LogP contribution is -2.32. The number of carbonyl (C=O) groups is 1. The van der Waals surface area contributed by atoms with Gasteiger partial charge in [0.1, 0.15) is 0 Å². The second-order valence-electron chi connectivity index (χ2n) is 3.75. The van der Waals surface area contributed by atoms with Gasteiger partial charge >= 0.3 is 5.97 Å². The summed E-state index contributed by atoms with van der Waals surface area (Å²) in [5.41, 5.74) is -0.383. The molecule has 1 aliphatic heterocycles. The Morgan fingerprint density at radius 1 is 1.42 bits per heavy atom. The number of aliphatic carboxylic acids is 1. The lowest BCUT2D eigenvalue weighted by Gasteiger charge is -2.19. The molecule has 1 fully saturated rings. The maximum atomic E-state index is 10.8. The van der Waals surface area contributed by atoms with E-state index < -0.39 is 5.97 Å². The van der Waals surface area contributed by atoms with Crippen molar-refractivity contribution in [1.29, 1.82) is 0 Å². The molecule has 0 saturated heterocycles. The van der Waals surface area contributed by atoms with Gasteiger partial charge in [-0.05, 0) is 12.8 Å². The van der Waals surface area contributed by atoms with Crippen LogP contribution in [0.1, 0.15) is 12.8 Å². The molecule has 0 spiro atoms. The van der Waals surface area contributed by atoms with Crippen molar-refractivity contribution in [3.05, 3.63) is 12.2 Å². The van der Waals surface area contributed by atoms with E-state index in [1.165, 1.54) is 0 Å². The standard InChI is InChI=1S/C9H13NO2/c11-8(12)9(3-4-9)7-10-5-1-2-6-10/h1-2H,3-7H2,(H,11,12). The molecule has 0 amide bonds. The third-order valence-corrected chi connectivity index (χ3v) is 2.73. The molecule has 0 unspecified atom stereocenters. The van der Waals surface area contributed by atoms with E-state index in [0.29, 0.717) is 0 Å². The Labute approximate surface area is 71.7 Å². The summed E-state index contributed by atoms with van der Waals surface area (Å²) < 4.78 is 0. The number of rotatable bonds is 3. The molecule has 3 heteroatoms. The van der Waals surface area contributed by atoms with Crippen LogP contribution in [0.3, 0.4) is 0 Å². The summed E-state index contributed by atoms with van der Waals surface area (Å²) in [6.45, 7) is 2.58. The highest BCUT2D eigenvalue weighted by Crippen LogP contribution is 2.46. The van der Waals surface area contributed by atoms with Crippen molar-refractivity contribution >= 4 is 5.97 Å². The molecule has 66 valence electrons. The number of hydrogen-bond donors (Lipinski definition) is 1. The molecule has 0 atom stereocenters. The Kier molecular flexibility index (Phi) is 1.68. The van der Waals surface area contributed by atoms with Crippen LogP contribution in [-0.4, -0.2) is 35.6 Å². The zero-order chi connectivity index (χ0) is 8.60. The lowest BCUT2D eigenvalue weighted by atomic mass is 10.1. The third-order valence-electron chi connectivity index (χ3n) is 2.73. The van der Waals surface area contributed by atoms with Gasteiger partial charge in [-0.25, -0.2) is 0 Å². The fraction of sp³-hybridized carbons (Fsp3) is 0.667. The minimum Gasteiger partial charge on any atom is -0.481 e. The Bertz CT molecular complexity index is 223. The minimum atomic E-state index is -0.616. The fourth-order valence-electron chi connectivity index (χ4n) is 1.67. The van der Waals surface area contributed by atoms with Crippen LogP contribution in [0.25, 0.3) is 0 Å².